The predicted octanol–water partition coefficient (Wildman–Crippen LogP) is 7.36. The van der Waals surface area contributed by atoms with Gasteiger partial charge in [0.05, 0.1) is 6.04 Å². The van der Waals surface area contributed by atoms with Crippen LogP contribution in [0.3, 0.4) is 0 Å². The van der Waals surface area contributed by atoms with E-state index in [-0.39, 0.29) is 29.5 Å². The molecule has 0 radical (unpaired) electrons. The number of hydrogen-bond donors (Lipinski definition) is 2. The first-order chi connectivity index (χ1) is 20.1. The number of carboxylic acid groups (broad SMARTS) is 1. The molecule has 1 heterocycles. The molecule has 42 heavy (non-hydrogen) atoms. The van der Waals surface area contributed by atoms with Crippen LogP contribution in [-0.4, -0.2) is 34.0 Å². The maximum absolute atomic E-state index is 14.7. The number of nitrogens with one attached hydrogen (secondary N) is 1. The number of halogens is 1. The molecule has 1 saturated heterocycles. The largest absolute Gasteiger partial charge is 0.480 e. The second-order valence-corrected chi connectivity index (χ2v) is 12.7. The number of ether oxygens (including phenoxy) is 1. The van der Waals surface area contributed by atoms with Gasteiger partial charge in [0, 0.05) is 24.4 Å². The standard InChI is InChI=1S/C35H41FN2O4/c1-35(2,3)29-30(37-22-23-19-20-27(36)28(21-23)42-26-17-11-6-12-18-26)31(24-13-7-4-8-14-24)38(32(29)34(40)41)33(39)25-15-9-5-10-16-25/h4,6-8,11-14,17-21,25,29-32,37H,5,9-10,15-16,22H2,1-3H3,(H,40,41)/t29-,30-,31-,32-/m0/s1. The summed E-state index contributed by atoms with van der Waals surface area (Å²) in [6.45, 7) is 6.48. The molecular formula is C35H41FN2O4. The molecule has 0 bridgehead atoms. The number of aliphatic carboxylic acids is 1. The highest BCUT2D eigenvalue weighted by Gasteiger charge is 2.58. The molecule has 0 aromatic heterocycles. The molecule has 1 amide bonds. The van der Waals surface area contributed by atoms with Gasteiger partial charge in [-0.1, -0.05) is 94.6 Å². The Morgan fingerprint density at radius 1 is 0.952 bits per heavy atom. The van der Waals surface area contributed by atoms with Crippen molar-refractivity contribution in [2.45, 2.75) is 77.5 Å². The van der Waals surface area contributed by atoms with Gasteiger partial charge in [0.2, 0.25) is 5.91 Å². The van der Waals surface area contributed by atoms with Gasteiger partial charge in [-0.15, -0.1) is 0 Å². The Morgan fingerprint density at radius 2 is 1.60 bits per heavy atom. The van der Waals surface area contributed by atoms with E-state index in [4.69, 9.17) is 4.74 Å². The van der Waals surface area contributed by atoms with Crippen molar-refractivity contribution in [1.82, 2.24) is 10.2 Å². The Kier molecular flexibility index (Phi) is 8.97. The van der Waals surface area contributed by atoms with E-state index < -0.39 is 29.3 Å². The highest BCUT2D eigenvalue weighted by Crippen LogP contribution is 2.49. The number of benzene rings is 3. The molecule has 7 heteroatoms. The topological polar surface area (TPSA) is 78.9 Å². The Labute approximate surface area is 247 Å². The van der Waals surface area contributed by atoms with Crippen LogP contribution in [0.4, 0.5) is 4.39 Å². The summed E-state index contributed by atoms with van der Waals surface area (Å²) < 4.78 is 20.5. The molecule has 1 aliphatic carbocycles. The Morgan fingerprint density at radius 3 is 2.21 bits per heavy atom. The number of carbonyl (C=O) groups excluding carboxylic acids is 1. The second kappa shape index (κ2) is 12.7. The summed E-state index contributed by atoms with van der Waals surface area (Å²) in [5.74, 6) is -1.39. The lowest BCUT2D eigenvalue weighted by atomic mass is 9.72. The molecule has 3 aromatic rings. The number of rotatable bonds is 8. The predicted molar refractivity (Wildman–Crippen MR) is 161 cm³/mol. The van der Waals surface area contributed by atoms with E-state index in [0.717, 1.165) is 43.2 Å². The van der Waals surface area contributed by atoms with Crippen LogP contribution in [0.25, 0.3) is 0 Å². The Balaban J connectivity index is 1.51. The number of likely N-dealkylation sites (tertiary alicyclic amines) is 1. The van der Waals surface area contributed by atoms with Crippen molar-refractivity contribution in [1.29, 1.82) is 0 Å². The first-order valence-corrected chi connectivity index (χ1v) is 15.0. The lowest BCUT2D eigenvalue weighted by Crippen LogP contribution is -2.49. The molecule has 4 atom stereocenters. The van der Waals surface area contributed by atoms with E-state index in [1.165, 1.54) is 6.07 Å². The number of nitrogens with zero attached hydrogens (tertiary/aromatic N) is 1. The molecule has 1 saturated carbocycles. The number of amides is 1. The van der Waals surface area contributed by atoms with Crippen LogP contribution in [0.15, 0.2) is 78.9 Å². The summed E-state index contributed by atoms with van der Waals surface area (Å²) in [5, 5.41) is 14.3. The highest BCUT2D eigenvalue weighted by atomic mass is 19.1. The van der Waals surface area contributed by atoms with E-state index in [9.17, 15) is 19.1 Å². The number of para-hydroxylation sites is 1. The smallest absolute Gasteiger partial charge is 0.326 e. The third-order valence-electron chi connectivity index (χ3n) is 8.78. The maximum atomic E-state index is 14.7. The molecule has 222 valence electrons. The summed E-state index contributed by atoms with van der Waals surface area (Å²) in [5.41, 5.74) is 1.27. The van der Waals surface area contributed by atoms with Crippen LogP contribution in [0.5, 0.6) is 11.5 Å². The van der Waals surface area contributed by atoms with E-state index in [0.29, 0.717) is 12.3 Å². The Bertz CT molecular complexity index is 1370. The van der Waals surface area contributed by atoms with Crippen LogP contribution in [0.1, 0.15) is 70.0 Å². The molecule has 0 spiro atoms. The van der Waals surface area contributed by atoms with E-state index in [2.05, 4.69) is 5.32 Å². The van der Waals surface area contributed by atoms with Gasteiger partial charge < -0.3 is 20.1 Å². The van der Waals surface area contributed by atoms with Gasteiger partial charge in [-0.05, 0) is 53.6 Å². The van der Waals surface area contributed by atoms with Crippen molar-refractivity contribution in [2.75, 3.05) is 0 Å². The third kappa shape index (κ3) is 6.36. The van der Waals surface area contributed by atoms with E-state index in [1.807, 2.05) is 69.3 Å². The lowest BCUT2D eigenvalue weighted by Gasteiger charge is -2.36. The van der Waals surface area contributed by atoms with Crippen LogP contribution < -0.4 is 10.1 Å². The van der Waals surface area contributed by atoms with Gasteiger partial charge in [0.15, 0.2) is 11.6 Å². The van der Waals surface area contributed by atoms with Gasteiger partial charge in [-0.3, -0.25) is 4.79 Å². The zero-order valence-electron chi connectivity index (χ0n) is 24.6. The van der Waals surface area contributed by atoms with Gasteiger partial charge in [-0.2, -0.15) is 0 Å². The molecule has 3 aromatic carbocycles. The average Bonchev–Trinajstić information content (AvgIpc) is 3.35. The number of carboxylic acids is 1. The minimum atomic E-state index is -0.982. The Hall–Kier alpha value is -3.71. The second-order valence-electron chi connectivity index (χ2n) is 12.7. The first-order valence-electron chi connectivity index (χ1n) is 15.0. The minimum Gasteiger partial charge on any atom is -0.480 e. The normalized spacial score (nSPS) is 23.1. The molecule has 2 aliphatic rings. The van der Waals surface area contributed by atoms with Crippen LogP contribution in [0.2, 0.25) is 0 Å². The molecule has 0 unspecified atom stereocenters. The van der Waals surface area contributed by atoms with Gasteiger partial charge in [-0.25, -0.2) is 9.18 Å². The molecule has 5 rings (SSSR count). The fourth-order valence-corrected chi connectivity index (χ4v) is 6.88. The fraction of sp³-hybridized carbons (Fsp3) is 0.429. The van der Waals surface area contributed by atoms with Crippen LogP contribution in [0, 0.1) is 23.1 Å². The maximum Gasteiger partial charge on any atom is 0.326 e. The van der Waals surface area contributed by atoms with Gasteiger partial charge in [0.25, 0.3) is 0 Å². The highest BCUT2D eigenvalue weighted by molar-refractivity contribution is 5.87. The summed E-state index contributed by atoms with van der Waals surface area (Å²) in [7, 11) is 0. The van der Waals surface area contributed by atoms with Crippen LogP contribution >= 0.6 is 0 Å². The SMILES string of the molecule is CC(C)(C)[C@H]1[C@H](NCc2ccc(F)c(Oc3ccccc3)c2)[C@H](c2ccccc2)N(C(=O)C2CCCCC2)[C@@H]1C(=O)O. The number of hydrogen-bond acceptors (Lipinski definition) is 4. The van der Waals surface area contributed by atoms with Crippen molar-refractivity contribution in [3.63, 3.8) is 0 Å². The average molecular weight is 573 g/mol. The van der Waals surface area contributed by atoms with Crippen molar-refractivity contribution in [3.8, 4) is 11.5 Å². The minimum absolute atomic E-state index is 0.0603. The van der Waals surface area contributed by atoms with Gasteiger partial charge >= 0.3 is 5.97 Å². The summed E-state index contributed by atoms with van der Waals surface area (Å²) in [6, 6.07) is 21.8. The molecular weight excluding hydrogens is 531 g/mol. The summed E-state index contributed by atoms with van der Waals surface area (Å²) in [6.07, 6.45) is 4.67. The quantitative estimate of drug-likeness (QED) is 0.295. The van der Waals surface area contributed by atoms with Crippen molar-refractivity contribution in [2.24, 2.45) is 17.3 Å². The summed E-state index contributed by atoms with van der Waals surface area (Å²) in [4.78, 5) is 28.9. The van der Waals surface area contributed by atoms with E-state index in [1.54, 1.807) is 29.2 Å². The number of carbonyl (C=O) groups is 2. The zero-order valence-corrected chi connectivity index (χ0v) is 24.6. The van der Waals surface area contributed by atoms with E-state index >= 15 is 0 Å². The molecule has 6 nitrogen and oxygen atoms in total. The van der Waals surface area contributed by atoms with Gasteiger partial charge in [0.1, 0.15) is 11.8 Å². The molecule has 2 fully saturated rings. The van der Waals surface area contributed by atoms with Crippen molar-refractivity contribution < 1.29 is 23.8 Å². The fourth-order valence-electron chi connectivity index (χ4n) is 6.88. The first kappa shape index (κ1) is 29.8. The molecule has 2 N–H and O–H groups in total. The van der Waals surface area contributed by atoms with Crippen molar-refractivity contribution in [3.05, 3.63) is 95.8 Å². The summed E-state index contributed by atoms with van der Waals surface area (Å²) >= 11 is 0. The van der Waals surface area contributed by atoms with Crippen LogP contribution in [-0.2, 0) is 16.1 Å². The lowest BCUT2D eigenvalue weighted by molar-refractivity contribution is -0.154. The third-order valence-corrected chi connectivity index (χ3v) is 8.78. The molecule has 1 aliphatic heterocycles. The zero-order chi connectivity index (χ0) is 29.9. The van der Waals surface area contributed by atoms with Crippen molar-refractivity contribution >= 4 is 11.9 Å². The monoisotopic (exact) mass is 572 g/mol.